The van der Waals surface area contributed by atoms with Gasteiger partial charge in [-0.25, -0.2) is 0 Å². The monoisotopic (exact) mass is 577 g/mol. The fourth-order valence-corrected chi connectivity index (χ4v) is 4.72. The van der Waals surface area contributed by atoms with Crippen LogP contribution in [0.4, 0.5) is 11.4 Å². The standard InChI is InChI=1S/C30H23N7O4S/c38-29(21-9-3-1-4-10-21)32-26(19-22-11-7-8-14-27(22)37(40)41)30(39)31-23-15-17-25(18-16-23)42-20-28-33-34-35-36(28)24-12-5-2-6-13-24/h1-19H,20H2,(H,31,39)(H,32,38)/b26-19+. The Morgan fingerprint density at radius 3 is 2.26 bits per heavy atom. The molecule has 0 bridgehead atoms. The molecule has 0 atom stereocenters. The first-order valence-corrected chi connectivity index (χ1v) is 13.6. The molecule has 1 heterocycles. The number of benzene rings is 4. The molecule has 4 aromatic carbocycles. The van der Waals surface area contributed by atoms with Gasteiger partial charge in [-0.2, -0.15) is 4.68 Å². The Morgan fingerprint density at radius 1 is 0.881 bits per heavy atom. The summed E-state index contributed by atoms with van der Waals surface area (Å²) in [5.74, 6) is 0.0320. The fourth-order valence-electron chi connectivity index (χ4n) is 3.92. The Labute approximate surface area is 244 Å². The molecule has 0 aliphatic heterocycles. The van der Waals surface area contributed by atoms with E-state index in [-0.39, 0.29) is 16.9 Å². The highest BCUT2D eigenvalue weighted by Gasteiger charge is 2.18. The maximum atomic E-state index is 13.3. The van der Waals surface area contributed by atoms with Crippen LogP contribution in [0, 0.1) is 10.1 Å². The van der Waals surface area contributed by atoms with Gasteiger partial charge in [-0.3, -0.25) is 19.7 Å². The number of amides is 2. The Morgan fingerprint density at radius 2 is 1.55 bits per heavy atom. The third-order valence-corrected chi connectivity index (χ3v) is 6.99. The molecule has 0 aliphatic rings. The van der Waals surface area contributed by atoms with Crippen molar-refractivity contribution in [2.45, 2.75) is 10.6 Å². The van der Waals surface area contributed by atoms with Gasteiger partial charge in [0.05, 0.1) is 21.9 Å². The van der Waals surface area contributed by atoms with Gasteiger partial charge in [0.1, 0.15) is 5.70 Å². The molecule has 208 valence electrons. The number of nitrogens with zero attached hydrogens (tertiary/aromatic N) is 5. The van der Waals surface area contributed by atoms with Gasteiger partial charge in [0.25, 0.3) is 17.5 Å². The van der Waals surface area contributed by atoms with Crippen LogP contribution in [0.3, 0.4) is 0 Å². The summed E-state index contributed by atoms with van der Waals surface area (Å²) in [5, 5.41) is 28.9. The zero-order valence-corrected chi connectivity index (χ0v) is 22.8. The number of aromatic nitrogens is 4. The van der Waals surface area contributed by atoms with Crippen molar-refractivity contribution in [1.29, 1.82) is 0 Å². The topological polar surface area (TPSA) is 145 Å². The van der Waals surface area contributed by atoms with E-state index in [1.54, 1.807) is 53.2 Å². The average Bonchev–Trinajstić information content (AvgIpc) is 3.50. The van der Waals surface area contributed by atoms with E-state index in [1.807, 2.05) is 42.5 Å². The quantitative estimate of drug-likeness (QED) is 0.0988. The molecule has 0 fully saturated rings. The molecule has 5 rings (SSSR count). The number of nitrogens with one attached hydrogen (secondary N) is 2. The molecule has 0 radical (unpaired) electrons. The van der Waals surface area contributed by atoms with Gasteiger partial charge < -0.3 is 10.6 Å². The first kappa shape index (κ1) is 27.9. The van der Waals surface area contributed by atoms with Gasteiger partial charge >= 0.3 is 0 Å². The van der Waals surface area contributed by atoms with Crippen molar-refractivity contribution < 1.29 is 14.5 Å². The minimum Gasteiger partial charge on any atom is -0.321 e. The van der Waals surface area contributed by atoms with Gasteiger partial charge in [0, 0.05) is 22.2 Å². The van der Waals surface area contributed by atoms with Crippen molar-refractivity contribution in [2.24, 2.45) is 0 Å². The maximum absolute atomic E-state index is 13.3. The third-order valence-electron chi connectivity index (χ3n) is 5.98. The summed E-state index contributed by atoms with van der Waals surface area (Å²) in [6.07, 6.45) is 1.29. The molecule has 0 unspecified atom stereocenters. The lowest BCUT2D eigenvalue weighted by Gasteiger charge is -2.12. The van der Waals surface area contributed by atoms with E-state index in [9.17, 15) is 19.7 Å². The number of para-hydroxylation sites is 2. The van der Waals surface area contributed by atoms with Crippen LogP contribution in [0.1, 0.15) is 21.7 Å². The lowest BCUT2D eigenvalue weighted by molar-refractivity contribution is -0.385. The fraction of sp³-hybridized carbons (Fsp3) is 0.0333. The highest BCUT2D eigenvalue weighted by atomic mass is 32.2. The molecule has 5 aromatic rings. The van der Waals surface area contributed by atoms with Crippen LogP contribution in [-0.4, -0.2) is 36.9 Å². The van der Waals surface area contributed by atoms with Gasteiger partial charge in [0.2, 0.25) is 0 Å². The van der Waals surface area contributed by atoms with Gasteiger partial charge in [-0.05, 0) is 71.1 Å². The second kappa shape index (κ2) is 13.2. The number of anilines is 1. The number of rotatable bonds is 10. The zero-order valence-electron chi connectivity index (χ0n) is 22.0. The Bertz CT molecular complexity index is 1740. The largest absolute Gasteiger partial charge is 0.321 e. The van der Waals surface area contributed by atoms with E-state index in [1.165, 1.54) is 36.0 Å². The smallest absolute Gasteiger partial charge is 0.276 e. The molecule has 0 saturated carbocycles. The molecule has 0 saturated heterocycles. The summed E-state index contributed by atoms with van der Waals surface area (Å²) in [7, 11) is 0. The predicted molar refractivity (Wildman–Crippen MR) is 159 cm³/mol. The summed E-state index contributed by atoms with van der Waals surface area (Å²) in [6.45, 7) is 0. The Hall–Kier alpha value is -5.62. The molecule has 2 amide bonds. The van der Waals surface area contributed by atoms with E-state index in [4.69, 9.17) is 0 Å². The van der Waals surface area contributed by atoms with Crippen LogP contribution in [0.2, 0.25) is 0 Å². The molecule has 2 N–H and O–H groups in total. The van der Waals surface area contributed by atoms with Crippen LogP contribution in [0.15, 0.2) is 120 Å². The summed E-state index contributed by atoms with van der Waals surface area (Å²) >= 11 is 1.52. The van der Waals surface area contributed by atoms with Gasteiger partial charge in [0.15, 0.2) is 5.82 Å². The summed E-state index contributed by atoms with van der Waals surface area (Å²) in [4.78, 5) is 38.1. The predicted octanol–water partition coefficient (Wildman–Crippen LogP) is 5.27. The lowest BCUT2D eigenvalue weighted by Crippen LogP contribution is -2.30. The van der Waals surface area contributed by atoms with Crippen LogP contribution in [0.5, 0.6) is 0 Å². The number of carbonyl (C=O) groups is 2. The number of nitro benzene ring substituents is 1. The summed E-state index contributed by atoms with van der Waals surface area (Å²) in [6, 6.07) is 31.0. The number of nitro groups is 1. The van der Waals surface area contributed by atoms with Crippen LogP contribution >= 0.6 is 11.8 Å². The van der Waals surface area contributed by atoms with Crippen LogP contribution in [-0.2, 0) is 10.5 Å². The number of thioether (sulfide) groups is 1. The second-order valence-corrected chi connectivity index (χ2v) is 9.85. The average molecular weight is 578 g/mol. The highest BCUT2D eigenvalue weighted by Crippen LogP contribution is 2.25. The van der Waals surface area contributed by atoms with Gasteiger partial charge in [-0.15, -0.1) is 16.9 Å². The lowest BCUT2D eigenvalue weighted by atomic mass is 10.1. The van der Waals surface area contributed by atoms with E-state index < -0.39 is 16.7 Å². The molecular weight excluding hydrogens is 554 g/mol. The third kappa shape index (κ3) is 6.92. The van der Waals surface area contributed by atoms with E-state index in [0.717, 1.165) is 10.6 Å². The minimum absolute atomic E-state index is 0.149. The number of hydrogen-bond donors (Lipinski definition) is 2. The van der Waals surface area contributed by atoms with E-state index in [0.29, 0.717) is 22.8 Å². The van der Waals surface area contributed by atoms with Crippen molar-refractivity contribution >= 4 is 41.0 Å². The number of tetrazole rings is 1. The van der Waals surface area contributed by atoms with Gasteiger partial charge in [-0.1, -0.05) is 48.5 Å². The molecule has 12 heteroatoms. The molecule has 0 aliphatic carbocycles. The van der Waals surface area contributed by atoms with Crippen molar-refractivity contribution in [1.82, 2.24) is 25.5 Å². The first-order chi connectivity index (χ1) is 20.5. The molecule has 42 heavy (non-hydrogen) atoms. The molecule has 1 aromatic heterocycles. The first-order valence-electron chi connectivity index (χ1n) is 12.7. The van der Waals surface area contributed by atoms with Crippen LogP contribution in [0.25, 0.3) is 11.8 Å². The molecular formula is C30H23N7O4S. The van der Waals surface area contributed by atoms with Crippen molar-refractivity contribution in [2.75, 3.05) is 5.32 Å². The normalized spacial score (nSPS) is 11.1. The maximum Gasteiger partial charge on any atom is 0.276 e. The van der Waals surface area contributed by atoms with Crippen molar-refractivity contribution in [3.8, 4) is 5.69 Å². The van der Waals surface area contributed by atoms with Crippen LogP contribution < -0.4 is 10.6 Å². The van der Waals surface area contributed by atoms with E-state index >= 15 is 0 Å². The molecule has 11 nitrogen and oxygen atoms in total. The van der Waals surface area contributed by atoms with Crippen molar-refractivity contribution in [3.63, 3.8) is 0 Å². The minimum atomic E-state index is -0.639. The second-order valence-electron chi connectivity index (χ2n) is 8.80. The Balaban J connectivity index is 1.31. The van der Waals surface area contributed by atoms with E-state index in [2.05, 4.69) is 26.2 Å². The number of hydrogen-bond acceptors (Lipinski definition) is 8. The zero-order chi connectivity index (χ0) is 29.3. The SMILES string of the molecule is O=C(Nc1ccc(SCc2nnnn2-c2ccccc2)cc1)/C(=C\c1ccccc1[N+](=O)[O-])NC(=O)c1ccccc1. The van der Waals surface area contributed by atoms with Crippen molar-refractivity contribution in [3.05, 3.63) is 142 Å². The summed E-state index contributed by atoms with van der Waals surface area (Å²) < 4.78 is 1.68. The molecule has 0 spiro atoms. The summed E-state index contributed by atoms with van der Waals surface area (Å²) in [5.41, 5.74) is 1.49. The highest BCUT2D eigenvalue weighted by molar-refractivity contribution is 7.98. The Kier molecular flexibility index (Phi) is 8.75. The number of carbonyl (C=O) groups excluding carboxylic acids is 2.